The maximum atomic E-state index is 13.4. The van der Waals surface area contributed by atoms with E-state index in [0.29, 0.717) is 11.3 Å². The van der Waals surface area contributed by atoms with Gasteiger partial charge in [-0.15, -0.1) is 11.8 Å². The largest absolute Gasteiger partial charge is 0.482 e. The van der Waals surface area contributed by atoms with E-state index in [1.807, 2.05) is 24.3 Å². The van der Waals surface area contributed by atoms with Crippen molar-refractivity contribution in [1.82, 2.24) is 10.2 Å². The summed E-state index contributed by atoms with van der Waals surface area (Å²) >= 11 is 1.40. The molecule has 170 valence electrons. The topological polar surface area (TPSA) is 75.2 Å². The first-order valence-corrected chi connectivity index (χ1v) is 10.8. The zero-order valence-corrected chi connectivity index (χ0v) is 18.2. The molecule has 1 heterocycles. The van der Waals surface area contributed by atoms with Gasteiger partial charge in [0.05, 0.1) is 22.5 Å². The molecule has 4 rings (SSSR count). The van der Waals surface area contributed by atoms with Gasteiger partial charge >= 0.3 is 12.1 Å². The summed E-state index contributed by atoms with van der Waals surface area (Å²) in [6.45, 7) is 1.33. The van der Waals surface area contributed by atoms with Crippen LogP contribution in [0.4, 0.5) is 13.2 Å². The van der Waals surface area contributed by atoms with Gasteiger partial charge in [0.1, 0.15) is 5.75 Å². The van der Waals surface area contributed by atoms with Gasteiger partial charge in [0.15, 0.2) is 6.61 Å². The fraction of sp³-hybridized carbons (Fsp3) is 0.167. The fourth-order valence-electron chi connectivity index (χ4n) is 3.54. The Labute approximate surface area is 191 Å². The van der Waals surface area contributed by atoms with Crippen molar-refractivity contribution in [3.63, 3.8) is 0 Å². The van der Waals surface area contributed by atoms with Gasteiger partial charge in [-0.3, -0.25) is 5.10 Å². The molecule has 0 saturated carbocycles. The highest BCUT2D eigenvalue weighted by molar-refractivity contribution is 7.99. The molecule has 0 spiro atoms. The quantitative estimate of drug-likeness (QED) is 0.312. The number of benzene rings is 3. The van der Waals surface area contributed by atoms with E-state index < -0.39 is 29.6 Å². The van der Waals surface area contributed by atoms with E-state index in [4.69, 9.17) is 9.84 Å². The molecule has 0 saturated heterocycles. The van der Waals surface area contributed by atoms with Crippen molar-refractivity contribution < 1.29 is 27.8 Å². The van der Waals surface area contributed by atoms with Gasteiger partial charge in [0.25, 0.3) is 0 Å². The van der Waals surface area contributed by atoms with Gasteiger partial charge in [0, 0.05) is 10.3 Å². The van der Waals surface area contributed by atoms with Crippen molar-refractivity contribution in [2.75, 3.05) is 6.61 Å². The molecule has 0 aliphatic heterocycles. The summed E-state index contributed by atoms with van der Waals surface area (Å²) in [4.78, 5) is 11.6. The average molecular weight is 472 g/mol. The zero-order valence-electron chi connectivity index (χ0n) is 17.4. The molecule has 1 unspecified atom stereocenters. The molecular weight excluding hydrogens is 453 g/mol. The molecule has 2 N–H and O–H groups in total. The number of halogens is 3. The standard InChI is InChI=1S/C24H19F3N2O3S/c1-14-10-17(8-9-21(14)32-13-22(30)31)33-23(15-4-2-5-16(11-15)24(25,26)27)18-6-3-7-20-19(18)12-28-29-20/h2-12,23H,13H2,1H3,(H,28,29)(H,30,31). The number of hydrogen-bond acceptors (Lipinski definition) is 4. The van der Waals surface area contributed by atoms with Crippen molar-refractivity contribution in [3.8, 4) is 5.75 Å². The summed E-state index contributed by atoms with van der Waals surface area (Å²) in [7, 11) is 0. The van der Waals surface area contributed by atoms with Crippen LogP contribution in [-0.4, -0.2) is 27.9 Å². The minimum atomic E-state index is -4.45. The lowest BCUT2D eigenvalue weighted by Gasteiger charge is -2.20. The van der Waals surface area contributed by atoms with Crippen LogP contribution in [0.1, 0.15) is 27.5 Å². The Kier molecular flexibility index (Phi) is 6.33. The number of nitrogens with one attached hydrogen (secondary N) is 1. The number of thioether (sulfide) groups is 1. The second-order valence-corrected chi connectivity index (χ2v) is 8.59. The Bertz CT molecular complexity index is 1300. The van der Waals surface area contributed by atoms with E-state index in [0.717, 1.165) is 33.0 Å². The van der Waals surface area contributed by atoms with Crippen LogP contribution in [0.15, 0.2) is 71.8 Å². The highest BCUT2D eigenvalue weighted by Gasteiger charge is 2.31. The van der Waals surface area contributed by atoms with Crippen LogP contribution in [0.2, 0.25) is 0 Å². The zero-order chi connectivity index (χ0) is 23.6. The molecule has 0 amide bonds. The van der Waals surface area contributed by atoms with Crippen molar-refractivity contribution in [1.29, 1.82) is 0 Å². The maximum absolute atomic E-state index is 13.4. The molecule has 1 atom stereocenters. The number of aliphatic carboxylic acids is 1. The molecule has 5 nitrogen and oxygen atoms in total. The number of nitrogens with zero attached hydrogens (tertiary/aromatic N) is 1. The first kappa shape index (κ1) is 22.7. The number of fused-ring (bicyclic) bond motifs is 1. The summed E-state index contributed by atoms with van der Waals surface area (Å²) in [6.07, 6.45) is -2.79. The van der Waals surface area contributed by atoms with Crippen molar-refractivity contribution in [2.45, 2.75) is 23.2 Å². The minimum Gasteiger partial charge on any atom is -0.482 e. The van der Waals surface area contributed by atoms with Crippen LogP contribution in [0.5, 0.6) is 5.75 Å². The van der Waals surface area contributed by atoms with E-state index in [1.54, 1.807) is 31.3 Å². The molecule has 0 aliphatic carbocycles. The molecule has 4 aromatic rings. The highest BCUT2D eigenvalue weighted by atomic mass is 32.2. The highest BCUT2D eigenvalue weighted by Crippen LogP contribution is 2.44. The monoisotopic (exact) mass is 472 g/mol. The summed E-state index contributed by atoms with van der Waals surface area (Å²) in [6, 6.07) is 16.2. The SMILES string of the molecule is Cc1cc(SC(c2cccc(C(F)(F)F)c2)c2cccc3[nH]ncc23)ccc1OCC(=O)O. The van der Waals surface area contributed by atoms with Crippen LogP contribution in [0.25, 0.3) is 10.9 Å². The van der Waals surface area contributed by atoms with E-state index in [1.165, 1.54) is 23.9 Å². The van der Waals surface area contributed by atoms with Gasteiger partial charge in [0.2, 0.25) is 0 Å². The summed E-state index contributed by atoms with van der Waals surface area (Å²) in [5.74, 6) is -0.639. The van der Waals surface area contributed by atoms with Crippen LogP contribution in [0, 0.1) is 6.92 Å². The fourth-order valence-corrected chi connectivity index (χ4v) is 4.82. The van der Waals surface area contributed by atoms with Crippen molar-refractivity contribution in [2.24, 2.45) is 0 Å². The molecule has 33 heavy (non-hydrogen) atoms. The molecule has 0 radical (unpaired) electrons. The predicted octanol–water partition coefficient (Wildman–Crippen LogP) is 6.24. The van der Waals surface area contributed by atoms with E-state index in [-0.39, 0.29) is 0 Å². The Morgan fingerprint density at radius 3 is 2.67 bits per heavy atom. The second kappa shape index (κ2) is 9.19. The van der Waals surface area contributed by atoms with Crippen molar-refractivity contribution in [3.05, 3.63) is 89.1 Å². The third-order valence-electron chi connectivity index (χ3n) is 5.07. The van der Waals surface area contributed by atoms with E-state index >= 15 is 0 Å². The third kappa shape index (κ3) is 5.14. The number of carboxylic acids is 1. The van der Waals surface area contributed by atoms with Gasteiger partial charge < -0.3 is 9.84 Å². The van der Waals surface area contributed by atoms with Crippen LogP contribution >= 0.6 is 11.8 Å². The van der Waals surface area contributed by atoms with Gasteiger partial charge in [-0.2, -0.15) is 18.3 Å². The Balaban J connectivity index is 1.75. The van der Waals surface area contributed by atoms with Gasteiger partial charge in [-0.25, -0.2) is 4.79 Å². The smallest absolute Gasteiger partial charge is 0.416 e. The molecule has 9 heteroatoms. The van der Waals surface area contributed by atoms with Crippen molar-refractivity contribution >= 4 is 28.6 Å². The lowest BCUT2D eigenvalue weighted by Crippen LogP contribution is -2.10. The minimum absolute atomic E-state index is 0.439. The number of hydrogen-bond donors (Lipinski definition) is 2. The number of rotatable bonds is 7. The molecule has 0 bridgehead atoms. The van der Waals surface area contributed by atoms with Gasteiger partial charge in [-0.1, -0.05) is 30.3 Å². The molecular formula is C24H19F3N2O3S. The van der Waals surface area contributed by atoms with Crippen LogP contribution < -0.4 is 4.74 Å². The Hall–Kier alpha value is -3.46. The lowest BCUT2D eigenvalue weighted by atomic mass is 9.99. The molecule has 1 aromatic heterocycles. The first-order valence-electron chi connectivity index (χ1n) is 9.93. The average Bonchev–Trinajstić information content (AvgIpc) is 3.25. The Morgan fingerprint density at radius 1 is 1.15 bits per heavy atom. The number of H-pyrrole nitrogens is 1. The maximum Gasteiger partial charge on any atom is 0.416 e. The Morgan fingerprint density at radius 2 is 1.94 bits per heavy atom. The normalized spacial score (nSPS) is 12.6. The number of aromatic amines is 1. The number of carboxylic acid groups (broad SMARTS) is 1. The molecule has 0 fully saturated rings. The summed E-state index contributed by atoms with van der Waals surface area (Å²) < 4.78 is 45.5. The number of ether oxygens (including phenoxy) is 1. The number of aryl methyl sites for hydroxylation is 1. The first-order chi connectivity index (χ1) is 15.7. The number of carbonyl (C=O) groups is 1. The molecule has 3 aromatic carbocycles. The van der Waals surface area contributed by atoms with E-state index in [9.17, 15) is 18.0 Å². The van der Waals surface area contributed by atoms with Crippen LogP contribution in [-0.2, 0) is 11.0 Å². The predicted molar refractivity (Wildman–Crippen MR) is 120 cm³/mol. The number of aromatic nitrogens is 2. The van der Waals surface area contributed by atoms with Gasteiger partial charge in [-0.05, 0) is 53.9 Å². The van der Waals surface area contributed by atoms with E-state index in [2.05, 4.69) is 10.2 Å². The third-order valence-corrected chi connectivity index (χ3v) is 6.36. The number of alkyl halides is 3. The van der Waals surface area contributed by atoms with Crippen LogP contribution in [0.3, 0.4) is 0 Å². The summed E-state index contributed by atoms with van der Waals surface area (Å²) in [5.41, 5.74) is 2.14. The lowest BCUT2D eigenvalue weighted by molar-refractivity contribution is -0.139. The molecule has 0 aliphatic rings. The second-order valence-electron chi connectivity index (χ2n) is 7.41. The summed E-state index contributed by atoms with van der Waals surface area (Å²) in [5, 5.41) is 16.2.